The average Bonchev–Trinajstić information content (AvgIpc) is 2.56. The molecular formula is C22H30ClNO. The fourth-order valence-electron chi connectivity index (χ4n) is 2.86. The highest BCUT2D eigenvalue weighted by Crippen LogP contribution is 2.24. The Morgan fingerprint density at radius 2 is 1.84 bits per heavy atom. The normalized spacial score (nSPS) is 11.6. The van der Waals surface area contributed by atoms with Crippen molar-refractivity contribution in [3.05, 3.63) is 64.2 Å². The lowest BCUT2D eigenvalue weighted by atomic mass is 9.88. The predicted molar refractivity (Wildman–Crippen MR) is 108 cm³/mol. The lowest BCUT2D eigenvalue weighted by molar-refractivity contribution is 0.249. The molecule has 0 amide bonds. The van der Waals surface area contributed by atoms with Gasteiger partial charge in [-0.05, 0) is 60.9 Å². The lowest BCUT2D eigenvalue weighted by Crippen LogP contribution is -2.29. The number of hydrogen-bond acceptors (Lipinski definition) is 2. The van der Waals surface area contributed by atoms with Crippen LogP contribution in [0.4, 0.5) is 0 Å². The van der Waals surface area contributed by atoms with Crippen LogP contribution in [0, 0.1) is 19.3 Å². The number of ether oxygens (including phenoxy) is 1. The molecule has 25 heavy (non-hydrogen) atoms. The highest BCUT2D eigenvalue weighted by molar-refractivity contribution is 6.31. The van der Waals surface area contributed by atoms with E-state index in [1.807, 2.05) is 18.2 Å². The topological polar surface area (TPSA) is 21.3 Å². The van der Waals surface area contributed by atoms with Crippen LogP contribution in [0.15, 0.2) is 42.5 Å². The van der Waals surface area contributed by atoms with Crippen molar-refractivity contribution < 1.29 is 4.74 Å². The van der Waals surface area contributed by atoms with Gasteiger partial charge in [-0.3, -0.25) is 0 Å². The molecule has 0 fully saturated rings. The maximum atomic E-state index is 6.20. The molecule has 0 saturated carbocycles. The molecular weight excluding hydrogens is 330 g/mol. The van der Waals surface area contributed by atoms with Crippen LogP contribution in [0.1, 0.15) is 43.4 Å². The molecule has 0 aromatic heterocycles. The van der Waals surface area contributed by atoms with Crippen LogP contribution < -0.4 is 10.1 Å². The Morgan fingerprint density at radius 1 is 1.08 bits per heavy atom. The summed E-state index contributed by atoms with van der Waals surface area (Å²) >= 11 is 6.20. The predicted octanol–water partition coefficient (Wildman–Crippen LogP) is 5.93. The molecule has 0 atom stereocenters. The molecule has 0 aliphatic carbocycles. The SMILES string of the molecule is Cc1ccc(C)c(OCCCC(C)(C)CNCc2ccccc2Cl)c1. The molecule has 0 unspecified atom stereocenters. The molecule has 0 radical (unpaired) electrons. The second-order valence-corrected chi connectivity index (χ2v) is 7.99. The molecule has 0 bridgehead atoms. The van der Waals surface area contributed by atoms with Crippen LogP contribution in [-0.2, 0) is 6.54 Å². The third kappa shape index (κ3) is 6.72. The van der Waals surface area contributed by atoms with Crippen molar-refractivity contribution in [1.29, 1.82) is 0 Å². The first kappa shape index (κ1) is 19.8. The molecule has 2 nitrogen and oxygen atoms in total. The molecule has 0 spiro atoms. The van der Waals surface area contributed by atoms with E-state index in [0.717, 1.165) is 48.9 Å². The summed E-state index contributed by atoms with van der Waals surface area (Å²) in [6, 6.07) is 14.4. The number of hydrogen-bond donors (Lipinski definition) is 1. The molecule has 0 saturated heterocycles. The zero-order valence-electron chi connectivity index (χ0n) is 15.9. The number of aryl methyl sites for hydroxylation is 2. The van der Waals surface area contributed by atoms with Crippen LogP contribution in [0.2, 0.25) is 5.02 Å². The lowest BCUT2D eigenvalue weighted by Gasteiger charge is -2.25. The minimum Gasteiger partial charge on any atom is -0.493 e. The van der Waals surface area contributed by atoms with Crippen molar-refractivity contribution >= 4 is 11.6 Å². The van der Waals surface area contributed by atoms with Crippen LogP contribution in [-0.4, -0.2) is 13.2 Å². The van der Waals surface area contributed by atoms with Crippen LogP contribution >= 0.6 is 11.6 Å². The van der Waals surface area contributed by atoms with E-state index < -0.39 is 0 Å². The van der Waals surface area contributed by atoms with Crippen LogP contribution in [0.5, 0.6) is 5.75 Å². The third-order valence-corrected chi connectivity index (χ3v) is 4.84. The third-order valence-electron chi connectivity index (χ3n) is 4.48. The van der Waals surface area contributed by atoms with E-state index >= 15 is 0 Å². The fourth-order valence-corrected chi connectivity index (χ4v) is 3.06. The fraction of sp³-hybridized carbons (Fsp3) is 0.455. The molecule has 0 heterocycles. The van der Waals surface area contributed by atoms with Gasteiger partial charge in [0.05, 0.1) is 6.61 Å². The maximum absolute atomic E-state index is 6.20. The summed E-state index contributed by atoms with van der Waals surface area (Å²) in [5, 5.41) is 4.36. The maximum Gasteiger partial charge on any atom is 0.122 e. The van der Waals surface area contributed by atoms with Crippen molar-refractivity contribution in [2.75, 3.05) is 13.2 Å². The van der Waals surface area contributed by atoms with Gasteiger partial charge in [0.2, 0.25) is 0 Å². The Kier molecular flexibility index (Phi) is 7.34. The monoisotopic (exact) mass is 359 g/mol. The second kappa shape index (κ2) is 9.26. The summed E-state index contributed by atoms with van der Waals surface area (Å²) in [5.74, 6) is 1.01. The zero-order valence-corrected chi connectivity index (χ0v) is 16.6. The Balaban J connectivity index is 1.70. The summed E-state index contributed by atoms with van der Waals surface area (Å²) < 4.78 is 5.96. The van der Waals surface area contributed by atoms with Crippen molar-refractivity contribution in [2.24, 2.45) is 5.41 Å². The summed E-state index contributed by atoms with van der Waals surface area (Å²) in [5.41, 5.74) is 3.82. The van der Waals surface area contributed by atoms with Gasteiger partial charge in [-0.1, -0.05) is 55.8 Å². The number of rotatable bonds is 9. The summed E-state index contributed by atoms with van der Waals surface area (Å²) in [6.45, 7) is 11.3. The van der Waals surface area contributed by atoms with Crippen molar-refractivity contribution in [3.63, 3.8) is 0 Å². The van der Waals surface area contributed by atoms with Gasteiger partial charge >= 0.3 is 0 Å². The van der Waals surface area contributed by atoms with Gasteiger partial charge in [0.15, 0.2) is 0 Å². The van der Waals surface area contributed by atoms with E-state index in [9.17, 15) is 0 Å². The number of halogens is 1. The average molecular weight is 360 g/mol. The van der Waals surface area contributed by atoms with Gasteiger partial charge in [0.1, 0.15) is 5.75 Å². The van der Waals surface area contributed by atoms with Crippen LogP contribution in [0.3, 0.4) is 0 Å². The van der Waals surface area contributed by atoms with Gasteiger partial charge < -0.3 is 10.1 Å². The molecule has 3 heteroatoms. The van der Waals surface area contributed by atoms with E-state index in [2.05, 4.69) is 57.3 Å². The quantitative estimate of drug-likeness (QED) is 0.560. The Bertz CT molecular complexity index is 681. The summed E-state index contributed by atoms with van der Waals surface area (Å²) in [4.78, 5) is 0. The second-order valence-electron chi connectivity index (χ2n) is 7.58. The van der Waals surface area contributed by atoms with E-state index in [1.165, 1.54) is 11.1 Å². The van der Waals surface area contributed by atoms with E-state index in [4.69, 9.17) is 16.3 Å². The Labute approximate surface area is 157 Å². The highest BCUT2D eigenvalue weighted by Gasteiger charge is 2.17. The van der Waals surface area contributed by atoms with Gasteiger partial charge in [0.25, 0.3) is 0 Å². The minimum absolute atomic E-state index is 0.228. The molecule has 0 aliphatic rings. The first-order valence-electron chi connectivity index (χ1n) is 9.01. The van der Waals surface area contributed by atoms with E-state index in [1.54, 1.807) is 0 Å². The summed E-state index contributed by atoms with van der Waals surface area (Å²) in [6.07, 6.45) is 2.17. The van der Waals surface area contributed by atoms with Gasteiger partial charge in [0, 0.05) is 18.1 Å². The van der Waals surface area contributed by atoms with Gasteiger partial charge in [-0.2, -0.15) is 0 Å². The number of benzene rings is 2. The van der Waals surface area contributed by atoms with Gasteiger partial charge in [-0.15, -0.1) is 0 Å². The molecule has 2 aromatic rings. The van der Waals surface area contributed by atoms with E-state index in [-0.39, 0.29) is 5.41 Å². The number of nitrogens with one attached hydrogen (secondary N) is 1. The largest absolute Gasteiger partial charge is 0.493 e. The zero-order chi connectivity index (χ0) is 18.3. The minimum atomic E-state index is 0.228. The molecule has 0 aliphatic heterocycles. The molecule has 1 N–H and O–H groups in total. The Morgan fingerprint density at radius 3 is 2.60 bits per heavy atom. The first-order valence-corrected chi connectivity index (χ1v) is 9.39. The van der Waals surface area contributed by atoms with Gasteiger partial charge in [-0.25, -0.2) is 0 Å². The smallest absolute Gasteiger partial charge is 0.122 e. The molecule has 2 rings (SSSR count). The van der Waals surface area contributed by atoms with Crippen LogP contribution in [0.25, 0.3) is 0 Å². The summed E-state index contributed by atoms with van der Waals surface area (Å²) in [7, 11) is 0. The van der Waals surface area contributed by atoms with Crippen molar-refractivity contribution in [2.45, 2.75) is 47.1 Å². The standard InChI is InChI=1S/C22H30ClNO/c1-17-10-11-18(2)21(14-17)25-13-7-12-22(3,4)16-24-15-19-8-5-6-9-20(19)23/h5-6,8-11,14,24H,7,12-13,15-16H2,1-4H3. The van der Waals surface area contributed by atoms with Crippen molar-refractivity contribution in [1.82, 2.24) is 5.32 Å². The van der Waals surface area contributed by atoms with E-state index in [0.29, 0.717) is 0 Å². The first-order chi connectivity index (χ1) is 11.9. The van der Waals surface area contributed by atoms with Crippen molar-refractivity contribution in [3.8, 4) is 5.75 Å². The Hall–Kier alpha value is -1.51. The molecule has 136 valence electrons. The highest BCUT2D eigenvalue weighted by atomic mass is 35.5. The molecule has 2 aromatic carbocycles.